The molecule has 2 aliphatic carbocycles. The lowest BCUT2D eigenvalue weighted by molar-refractivity contribution is 0.00449. The number of aliphatic hydroxyl groups is 2. The Labute approximate surface area is 129 Å². The van der Waals surface area contributed by atoms with E-state index in [-0.39, 0.29) is 6.10 Å². The highest BCUT2D eigenvalue weighted by atomic mass is 16.3. The Bertz CT molecular complexity index is 376. The number of aliphatic hydroxyl groups excluding tert-OH is 1. The first-order chi connectivity index (χ1) is 10.2. The van der Waals surface area contributed by atoms with E-state index < -0.39 is 5.60 Å². The van der Waals surface area contributed by atoms with Gasteiger partial charge >= 0.3 is 0 Å². The smallest absolute Gasteiger partial charge is 0.0688 e. The van der Waals surface area contributed by atoms with Crippen molar-refractivity contribution in [1.29, 1.82) is 0 Å². The molecule has 0 aliphatic heterocycles. The van der Waals surface area contributed by atoms with Gasteiger partial charge < -0.3 is 10.2 Å². The molecule has 0 spiro atoms. The quantitative estimate of drug-likeness (QED) is 0.855. The number of hydrogen-bond donors (Lipinski definition) is 2. The maximum atomic E-state index is 10.3. The van der Waals surface area contributed by atoms with Gasteiger partial charge in [0.2, 0.25) is 0 Å². The summed E-state index contributed by atoms with van der Waals surface area (Å²) in [5.41, 5.74) is 0.844. The van der Waals surface area contributed by atoms with E-state index in [2.05, 4.69) is 12.1 Å². The van der Waals surface area contributed by atoms with Crippen LogP contribution in [0.25, 0.3) is 0 Å². The van der Waals surface area contributed by atoms with Gasteiger partial charge in [0.1, 0.15) is 0 Å². The van der Waals surface area contributed by atoms with E-state index in [1.54, 1.807) is 0 Å². The van der Waals surface area contributed by atoms with Crippen molar-refractivity contribution >= 4 is 0 Å². The van der Waals surface area contributed by atoms with E-state index >= 15 is 0 Å². The van der Waals surface area contributed by atoms with Gasteiger partial charge in [0.05, 0.1) is 11.7 Å². The normalized spacial score (nSPS) is 22.2. The molecule has 0 radical (unpaired) electrons. The highest BCUT2D eigenvalue weighted by Crippen LogP contribution is 2.30. The molecule has 1 aromatic rings. The molecule has 0 saturated heterocycles. The number of benzene rings is 1. The maximum Gasteiger partial charge on any atom is 0.0688 e. The Kier molecular flexibility index (Phi) is 6.72. The summed E-state index contributed by atoms with van der Waals surface area (Å²) < 4.78 is 0. The zero-order valence-electron chi connectivity index (χ0n) is 13.1. The molecule has 21 heavy (non-hydrogen) atoms. The van der Waals surface area contributed by atoms with Gasteiger partial charge in [-0.15, -0.1) is 0 Å². The van der Waals surface area contributed by atoms with Crippen LogP contribution in [0.4, 0.5) is 0 Å². The van der Waals surface area contributed by atoms with Crippen LogP contribution in [0.15, 0.2) is 30.3 Å². The molecule has 2 saturated carbocycles. The molecule has 0 amide bonds. The van der Waals surface area contributed by atoms with Gasteiger partial charge in [0.15, 0.2) is 0 Å². The molecule has 2 heteroatoms. The van der Waals surface area contributed by atoms with E-state index in [4.69, 9.17) is 5.11 Å². The Morgan fingerprint density at radius 2 is 1.43 bits per heavy atom. The molecule has 0 heterocycles. The molecule has 1 aromatic carbocycles. The van der Waals surface area contributed by atoms with Crippen molar-refractivity contribution in [3.8, 4) is 0 Å². The first kappa shape index (κ1) is 16.5. The van der Waals surface area contributed by atoms with Gasteiger partial charge in [-0.05, 0) is 31.2 Å². The standard InChI is InChI=1S/C13H18O.C6H12O/c14-13(9-5-2-6-10-13)11-12-7-3-1-4-8-12;7-6-4-2-1-3-5-6/h1,3-4,7-8,14H,2,5-6,9-11H2;6-7H,1-5H2. The fraction of sp³-hybridized carbons (Fsp3) is 0.684. The third-order valence-corrected chi connectivity index (χ3v) is 4.73. The molecule has 0 atom stereocenters. The van der Waals surface area contributed by atoms with Crippen molar-refractivity contribution < 1.29 is 10.2 Å². The first-order valence-corrected chi connectivity index (χ1v) is 8.62. The van der Waals surface area contributed by atoms with E-state index in [9.17, 15) is 5.11 Å². The number of hydrogen-bond acceptors (Lipinski definition) is 2. The average molecular weight is 290 g/mol. The Balaban J connectivity index is 0.000000194. The first-order valence-electron chi connectivity index (χ1n) is 8.62. The van der Waals surface area contributed by atoms with E-state index in [1.807, 2.05) is 18.2 Å². The number of rotatable bonds is 2. The minimum absolute atomic E-state index is 0.0359. The zero-order chi connectivity index (χ0) is 15.0. The molecule has 118 valence electrons. The summed E-state index contributed by atoms with van der Waals surface area (Å²) in [5.74, 6) is 0. The lowest BCUT2D eigenvalue weighted by Crippen LogP contribution is -2.33. The second-order valence-corrected chi connectivity index (χ2v) is 6.74. The molecule has 2 nitrogen and oxygen atoms in total. The summed E-state index contributed by atoms with van der Waals surface area (Å²) in [7, 11) is 0. The van der Waals surface area contributed by atoms with Crippen LogP contribution in [0, 0.1) is 0 Å². The average Bonchev–Trinajstić information content (AvgIpc) is 2.50. The van der Waals surface area contributed by atoms with Crippen LogP contribution in [0.2, 0.25) is 0 Å². The Hall–Kier alpha value is -0.860. The second kappa shape index (κ2) is 8.55. The lowest BCUT2D eigenvalue weighted by atomic mass is 9.80. The molecule has 3 rings (SSSR count). The van der Waals surface area contributed by atoms with Crippen molar-refractivity contribution in [3.05, 3.63) is 35.9 Å². The third kappa shape index (κ3) is 6.19. The van der Waals surface area contributed by atoms with Crippen LogP contribution in [-0.2, 0) is 6.42 Å². The minimum Gasteiger partial charge on any atom is -0.393 e. The maximum absolute atomic E-state index is 10.3. The minimum atomic E-state index is -0.417. The molecule has 0 aromatic heterocycles. The summed E-state index contributed by atoms with van der Waals surface area (Å²) in [6.07, 6.45) is 12.4. The fourth-order valence-corrected chi connectivity index (χ4v) is 3.44. The van der Waals surface area contributed by atoms with Crippen molar-refractivity contribution in [1.82, 2.24) is 0 Å². The SMILES string of the molecule is OC1(Cc2ccccc2)CCCCC1.OC1CCCCC1. The largest absolute Gasteiger partial charge is 0.393 e. The van der Waals surface area contributed by atoms with Crippen molar-refractivity contribution in [3.63, 3.8) is 0 Å². The predicted octanol–water partition coefficient (Wildman–Crippen LogP) is 4.24. The summed E-state index contributed by atoms with van der Waals surface area (Å²) in [5, 5.41) is 19.2. The van der Waals surface area contributed by atoms with Gasteiger partial charge in [0, 0.05) is 6.42 Å². The van der Waals surface area contributed by atoms with E-state index in [1.165, 1.54) is 44.1 Å². The molecular formula is C19H30O2. The van der Waals surface area contributed by atoms with Crippen molar-refractivity contribution in [2.45, 2.75) is 82.3 Å². The third-order valence-electron chi connectivity index (χ3n) is 4.73. The topological polar surface area (TPSA) is 40.5 Å². The molecule has 0 unspecified atom stereocenters. The predicted molar refractivity (Wildman–Crippen MR) is 87.3 cm³/mol. The van der Waals surface area contributed by atoms with Gasteiger partial charge in [-0.1, -0.05) is 68.9 Å². The van der Waals surface area contributed by atoms with Crippen molar-refractivity contribution in [2.75, 3.05) is 0 Å². The Morgan fingerprint density at radius 1 is 0.857 bits per heavy atom. The van der Waals surface area contributed by atoms with Crippen LogP contribution in [0.5, 0.6) is 0 Å². The zero-order valence-corrected chi connectivity index (χ0v) is 13.1. The van der Waals surface area contributed by atoms with Crippen molar-refractivity contribution in [2.24, 2.45) is 0 Å². The van der Waals surface area contributed by atoms with Gasteiger partial charge in [-0.25, -0.2) is 0 Å². The lowest BCUT2D eigenvalue weighted by Gasteiger charge is -2.32. The highest BCUT2D eigenvalue weighted by molar-refractivity contribution is 5.17. The summed E-state index contributed by atoms with van der Waals surface area (Å²) in [4.78, 5) is 0. The van der Waals surface area contributed by atoms with E-state index in [0.717, 1.165) is 32.1 Å². The molecule has 2 N–H and O–H groups in total. The monoisotopic (exact) mass is 290 g/mol. The fourth-order valence-electron chi connectivity index (χ4n) is 3.44. The van der Waals surface area contributed by atoms with Gasteiger partial charge in [-0.3, -0.25) is 0 Å². The molecular weight excluding hydrogens is 260 g/mol. The second-order valence-electron chi connectivity index (χ2n) is 6.74. The van der Waals surface area contributed by atoms with Gasteiger partial charge in [-0.2, -0.15) is 0 Å². The van der Waals surface area contributed by atoms with Crippen LogP contribution < -0.4 is 0 Å². The summed E-state index contributed by atoms with van der Waals surface area (Å²) in [6.45, 7) is 0. The summed E-state index contributed by atoms with van der Waals surface area (Å²) >= 11 is 0. The van der Waals surface area contributed by atoms with Crippen LogP contribution in [0.3, 0.4) is 0 Å². The van der Waals surface area contributed by atoms with Crippen LogP contribution >= 0.6 is 0 Å². The van der Waals surface area contributed by atoms with Crippen LogP contribution in [-0.4, -0.2) is 21.9 Å². The molecule has 0 bridgehead atoms. The van der Waals surface area contributed by atoms with E-state index in [0.29, 0.717) is 0 Å². The van der Waals surface area contributed by atoms with Gasteiger partial charge in [0.25, 0.3) is 0 Å². The molecule has 2 aliphatic rings. The highest BCUT2D eigenvalue weighted by Gasteiger charge is 2.28. The summed E-state index contributed by atoms with van der Waals surface area (Å²) in [6, 6.07) is 10.3. The Morgan fingerprint density at radius 3 is 1.95 bits per heavy atom. The van der Waals surface area contributed by atoms with Crippen LogP contribution in [0.1, 0.15) is 69.8 Å². The molecule has 2 fully saturated rings.